The van der Waals surface area contributed by atoms with E-state index in [0.29, 0.717) is 17.5 Å². The van der Waals surface area contributed by atoms with Crippen LogP contribution < -0.4 is 0 Å². The van der Waals surface area contributed by atoms with Crippen molar-refractivity contribution in [3.63, 3.8) is 0 Å². The van der Waals surface area contributed by atoms with Crippen molar-refractivity contribution in [1.29, 1.82) is 0 Å². The average molecular weight is 353 g/mol. The van der Waals surface area contributed by atoms with E-state index in [2.05, 4.69) is 24.6 Å². The summed E-state index contributed by atoms with van der Waals surface area (Å²) in [6.07, 6.45) is 9.05. The Balaban J connectivity index is 2.06. The largest absolute Gasteiger partial charge is 0.269 e. The molecule has 0 aromatic heterocycles. The van der Waals surface area contributed by atoms with Gasteiger partial charge in [0, 0.05) is 0 Å². The minimum absolute atomic E-state index is 0.168. The van der Waals surface area contributed by atoms with Crippen LogP contribution in [-0.2, 0) is 0 Å². The van der Waals surface area contributed by atoms with Crippen molar-refractivity contribution in [1.82, 2.24) is 4.90 Å². The summed E-state index contributed by atoms with van der Waals surface area (Å²) >= 11 is 0. The van der Waals surface area contributed by atoms with E-state index in [0.717, 1.165) is 0 Å². The van der Waals surface area contributed by atoms with E-state index in [1.807, 2.05) is 49.4 Å². The van der Waals surface area contributed by atoms with E-state index in [1.165, 1.54) is 9.80 Å². The molecule has 0 spiro atoms. The number of imide groups is 1. The van der Waals surface area contributed by atoms with Crippen molar-refractivity contribution in [3.05, 3.63) is 77.9 Å². The number of fused-ring (bicyclic) bond motifs is 1. The van der Waals surface area contributed by atoms with Crippen LogP contribution in [-0.4, -0.2) is 34.6 Å². The van der Waals surface area contributed by atoms with E-state index in [9.17, 15) is 9.59 Å². The van der Waals surface area contributed by atoms with Gasteiger partial charge in [-0.25, -0.2) is 0 Å². The maximum atomic E-state index is 13.0. The van der Waals surface area contributed by atoms with Gasteiger partial charge in [-0.2, -0.15) is 10.0 Å². The molecule has 25 heavy (non-hydrogen) atoms. The minimum Gasteiger partial charge on any atom is -0.269 e. The van der Waals surface area contributed by atoms with Gasteiger partial charge in [-0.15, -0.1) is 0 Å². The molecule has 1 atom stereocenters. The smallest absolute Gasteiger partial charge is 0.262 e. The number of benzene rings is 2. The molecule has 0 saturated heterocycles. The molecule has 0 radical (unpaired) electrons. The molecule has 2 amide bonds. The number of carbonyl (C=O) groups is 2. The SMILES string of the molecule is C/C=C\CC(N1C(=O)c2ccccc2C1=O)S(C)(C)c1ccccc1. The first-order valence-electron chi connectivity index (χ1n) is 8.34. The highest BCUT2D eigenvalue weighted by atomic mass is 32.3. The van der Waals surface area contributed by atoms with E-state index >= 15 is 0 Å². The molecule has 0 bridgehead atoms. The number of allylic oxidation sites excluding steroid dienone is 1. The van der Waals surface area contributed by atoms with Crippen LogP contribution >= 0.6 is 10.0 Å². The van der Waals surface area contributed by atoms with Gasteiger partial charge in [-0.05, 0) is 42.9 Å². The van der Waals surface area contributed by atoms with Crippen LogP contribution in [0, 0.1) is 0 Å². The van der Waals surface area contributed by atoms with Crippen LogP contribution in [0.4, 0.5) is 0 Å². The summed E-state index contributed by atoms with van der Waals surface area (Å²) in [5.41, 5.74) is 1.03. The van der Waals surface area contributed by atoms with Crippen LogP contribution in [0.1, 0.15) is 34.1 Å². The summed E-state index contributed by atoms with van der Waals surface area (Å²) in [7, 11) is -1.41. The Labute approximate surface area is 150 Å². The molecule has 1 heterocycles. The second-order valence-corrected chi connectivity index (χ2v) is 10.3. The summed E-state index contributed by atoms with van der Waals surface area (Å²) in [6, 6.07) is 17.3. The fourth-order valence-electron chi connectivity index (χ4n) is 3.26. The molecule has 0 aliphatic carbocycles. The van der Waals surface area contributed by atoms with E-state index in [1.54, 1.807) is 12.1 Å². The maximum absolute atomic E-state index is 13.0. The molecule has 1 unspecified atom stereocenters. The quantitative estimate of drug-likeness (QED) is 0.577. The molecular formula is C21H23NO2S. The van der Waals surface area contributed by atoms with Gasteiger partial charge in [0.25, 0.3) is 11.8 Å². The first kappa shape index (κ1) is 17.5. The summed E-state index contributed by atoms with van der Waals surface area (Å²) in [5, 5.41) is -0.168. The number of carbonyl (C=O) groups excluding carboxylic acids is 2. The number of hydrogen-bond acceptors (Lipinski definition) is 2. The molecule has 4 heteroatoms. The predicted molar refractivity (Wildman–Crippen MR) is 104 cm³/mol. The van der Waals surface area contributed by atoms with E-state index in [4.69, 9.17) is 0 Å². The van der Waals surface area contributed by atoms with Crippen LogP contribution in [0.2, 0.25) is 0 Å². The summed E-state index contributed by atoms with van der Waals surface area (Å²) < 4.78 is 0. The highest BCUT2D eigenvalue weighted by molar-refractivity contribution is 8.33. The Morgan fingerprint density at radius 1 is 0.920 bits per heavy atom. The van der Waals surface area contributed by atoms with Gasteiger partial charge in [-0.3, -0.25) is 14.5 Å². The fraction of sp³-hybridized carbons (Fsp3) is 0.238. The minimum atomic E-state index is -1.41. The lowest BCUT2D eigenvalue weighted by molar-refractivity contribution is 0.0636. The second-order valence-electron chi connectivity index (χ2n) is 6.50. The predicted octanol–water partition coefficient (Wildman–Crippen LogP) is 4.70. The van der Waals surface area contributed by atoms with Gasteiger partial charge in [0.1, 0.15) is 0 Å². The van der Waals surface area contributed by atoms with Gasteiger partial charge in [0.2, 0.25) is 0 Å². The Morgan fingerprint density at radius 3 is 1.96 bits per heavy atom. The highest BCUT2D eigenvalue weighted by Gasteiger charge is 2.43. The Kier molecular flexibility index (Phi) is 4.82. The molecule has 130 valence electrons. The van der Waals surface area contributed by atoms with Gasteiger partial charge in [0.15, 0.2) is 0 Å². The molecule has 0 saturated carbocycles. The zero-order chi connectivity index (χ0) is 18.0. The summed E-state index contributed by atoms with van der Waals surface area (Å²) in [5.74, 6) is -0.349. The van der Waals surface area contributed by atoms with Crippen molar-refractivity contribution in [2.75, 3.05) is 12.5 Å². The normalized spacial score (nSPS) is 16.4. The molecule has 3 rings (SSSR count). The first-order valence-corrected chi connectivity index (χ1v) is 10.8. The van der Waals surface area contributed by atoms with Gasteiger partial charge in [0.05, 0.1) is 16.5 Å². The zero-order valence-electron chi connectivity index (χ0n) is 14.8. The van der Waals surface area contributed by atoms with E-state index in [-0.39, 0.29) is 17.2 Å². The van der Waals surface area contributed by atoms with Gasteiger partial charge < -0.3 is 0 Å². The van der Waals surface area contributed by atoms with Crippen LogP contribution in [0.5, 0.6) is 0 Å². The summed E-state index contributed by atoms with van der Waals surface area (Å²) in [4.78, 5) is 28.7. The monoisotopic (exact) mass is 353 g/mol. The Morgan fingerprint density at radius 2 is 1.44 bits per heavy atom. The van der Waals surface area contributed by atoms with Crippen LogP contribution in [0.15, 0.2) is 71.6 Å². The average Bonchev–Trinajstić information content (AvgIpc) is 2.88. The number of hydrogen-bond donors (Lipinski definition) is 0. The topological polar surface area (TPSA) is 37.4 Å². The molecule has 1 aliphatic heterocycles. The number of amides is 2. The van der Waals surface area contributed by atoms with Crippen molar-refractivity contribution in [2.45, 2.75) is 23.6 Å². The van der Waals surface area contributed by atoms with Crippen LogP contribution in [0.25, 0.3) is 0 Å². The van der Waals surface area contributed by atoms with Crippen molar-refractivity contribution in [2.24, 2.45) is 0 Å². The third-order valence-corrected chi connectivity index (χ3v) is 7.97. The van der Waals surface area contributed by atoms with Crippen molar-refractivity contribution in [3.8, 4) is 0 Å². The maximum Gasteiger partial charge on any atom is 0.262 e. The lowest BCUT2D eigenvalue weighted by Crippen LogP contribution is -2.42. The zero-order valence-corrected chi connectivity index (χ0v) is 15.6. The van der Waals surface area contributed by atoms with Gasteiger partial charge >= 0.3 is 0 Å². The molecule has 1 aliphatic rings. The molecule has 0 fully saturated rings. The third kappa shape index (κ3) is 3.02. The third-order valence-electron chi connectivity index (χ3n) is 4.72. The Hall–Kier alpha value is -2.33. The van der Waals surface area contributed by atoms with Crippen LogP contribution in [0.3, 0.4) is 0 Å². The second kappa shape index (κ2) is 6.89. The number of rotatable bonds is 5. The Bertz CT molecular complexity index is 792. The van der Waals surface area contributed by atoms with Crippen molar-refractivity contribution < 1.29 is 9.59 Å². The molecule has 2 aromatic carbocycles. The summed E-state index contributed by atoms with van der Waals surface area (Å²) in [6.45, 7) is 1.96. The molecule has 0 N–H and O–H groups in total. The lowest BCUT2D eigenvalue weighted by Gasteiger charge is -2.43. The van der Waals surface area contributed by atoms with E-state index < -0.39 is 10.0 Å². The highest BCUT2D eigenvalue weighted by Crippen LogP contribution is 2.56. The van der Waals surface area contributed by atoms with Gasteiger partial charge in [-0.1, -0.05) is 54.6 Å². The molecule has 2 aromatic rings. The molecule has 3 nitrogen and oxygen atoms in total. The molecular weight excluding hydrogens is 330 g/mol. The first-order chi connectivity index (χ1) is 12.0. The van der Waals surface area contributed by atoms with Crippen molar-refractivity contribution >= 4 is 21.8 Å². The number of nitrogens with zero attached hydrogens (tertiary/aromatic N) is 1. The standard InChI is InChI=1S/C21H23NO2S/c1-4-5-15-19(25(2,3)16-11-7-6-8-12-16)22-20(23)17-13-9-10-14-18(17)21(22)24/h4-14,19H,15H2,1-3H3/b5-4-. The fourth-order valence-corrected chi connectivity index (χ4v) is 5.74. The lowest BCUT2D eigenvalue weighted by atomic mass is 10.1.